The Bertz CT molecular complexity index is 606. The van der Waals surface area contributed by atoms with Crippen LogP contribution in [0.4, 0.5) is 0 Å². The summed E-state index contributed by atoms with van der Waals surface area (Å²) in [5.74, 6) is 0.888. The highest BCUT2D eigenvalue weighted by molar-refractivity contribution is 9.10. The van der Waals surface area contributed by atoms with Crippen LogP contribution in [0, 0.1) is 5.92 Å². The van der Waals surface area contributed by atoms with Gasteiger partial charge in [-0.15, -0.1) is 11.6 Å². The first-order valence-electron chi connectivity index (χ1n) is 7.18. The lowest BCUT2D eigenvalue weighted by molar-refractivity contribution is 0.239. The van der Waals surface area contributed by atoms with Crippen molar-refractivity contribution in [3.8, 4) is 0 Å². The molecule has 2 unspecified atom stereocenters. The van der Waals surface area contributed by atoms with E-state index in [0.29, 0.717) is 21.2 Å². The predicted octanol–water partition coefficient (Wildman–Crippen LogP) is 4.39. The number of halogens is 2. The molecule has 1 aromatic rings. The monoisotopic (exact) mass is 393 g/mol. The second-order valence-corrected chi connectivity index (χ2v) is 8.93. The predicted molar refractivity (Wildman–Crippen MR) is 90.1 cm³/mol. The maximum Gasteiger partial charge on any atom is 0.244 e. The number of rotatable bonds is 4. The summed E-state index contributed by atoms with van der Waals surface area (Å²) in [6.07, 6.45) is 4.15. The molecule has 0 aromatic heterocycles. The van der Waals surface area contributed by atoms with E-state index in [1.165, 1.54) is 6.42 Å². The van der Waals surface area contributed by atoms with Gasteiger partial charge in [0.2, 0.25) is 10.0 Å². The Balaban J connectivity index is 2.32. The van der Waals surface area contributed by atoms with E-state index in [9.17, 15) is 8.42 Å². The van der Waals surface area contributed by atoms with Gasteiger partial charge >= 0.3 is 0 Å². The lowest BCUT2D eigenvalue weighted by Gasteiger charge is -2.33. The van der Waals surface area contributed by atoms with Gasteiger partial charge in [-0.25, -0.2) is 8.42 Å². The van der Waals surface area contributed by atoms with Crippen LogP contribution in [0.3, 0.4) is 0 Å². The first kappa shape index (κ1) is 17.3. The summed E-state index contributed by atoms with van der Waals surface area (Å²) in [6.45, 7) is 2.19. The van der Waals surface area contributed by atoms with Crippen molar-refractivity contribution in [1.82, 2.24) is 4.31 Å². The number of sulfonamides is 1. The molecule has 1 fully saturated rings. The van der Waals surface area contributed by atoms with E-state index < -0.39 is 10.0 Å². The van der Waals surface area contributed by atoms with Crippen LogP contribution in [0.1, 0.15) is 38.2 Å². The van der Waals surface area contributed by atoms with Gasteiger partial charge in [0.15, 0.2) is 0 Å². The van der Waals surface area contributed by atoms with Crippen molar-refractivity contribution in [2.75, 3.05) is 7.05 Å². The normalized spacial score (nSPS) is 23.5. The fourth-order valence-corrected chi connectivity index (χ4v) is 5.45. The largest absolute Gasteiger partial charge is 0.244 e. The molecule has 0 bridgehead atoms. The minimum absolute atomic E-state index is 0.0882. The zero-order valence-corrected chi connectivity index (χ0v) is 15.5. The quantitative estimate of drug-likeness (QED) is 0.710. The second kappa shape index (κ2) is 6.99. The molecule has 0 aliphatic heterocycles. The van der Waals surface area contributed by atoms with Gasteiger partial charge in [0.25, 0.3) is 0 Å². The number of nitrogens with zero attached hydrogens (tertiary/aromatic N) is 1. The topological polar surface area (TPSA) is 37.4 Å². The number of hydrogen-bond donors (Lipinski definition) is 0. The van der Waals surface area contributed by atoms with Gasteiger partial charge < -0.3 is 0 Å². The fraction of sp³-hybridized carbons (Fsp3) is 0.600. The van der Waals surface area contributed by atoms with Crippen molar-refractivity contribution in [2.24, 2.45) is 5.92 Å². The Morgan fingerprint density at radius 3 is 2.71 bits per heavy atom. The molecule has 1 aliphatic carbocycles. The summed E-state index contributed by atoms with van der Waals surface area (Å²) in [5.41, 5.74) is 0.809. The van der Waals surface area contributed by atoms with Crippen molar-refractivity contribution in [3.05, 3.63) is 28.2 Å². The Labute approximate surface area is 140 Å². The molecule has 2 atom stereocenters. The zero-order valence-electron chi connectivity index (χ0n) is 12.4. The molecule has 6 heteroatoms. The summed E-state index contributed by atoms with van der Waals surface area (Å²) in [4.78, 5) is 0.307. The molecule has 21 heavy (non-hydrogen) atoms. The zero-order chi connectivity index (χ0) is 15.6. The lowest BCUT2D eigenvalue weighted by Crippen LogP contribution is -2.39. The highest BCUT2D eigenvalue weighted by Crippen LogP contribution is 2.32. The van der Waals surface area contributed by atoms with Gasteiger partial charge in [0.05, 0.1) is 4.90 Å². The van der Waals surface area contributed by atoms with E-state index in [2.05, 4.69) is 22.9 Å². The molecule has 118 valence electrons. The highest BCUT2D eigenvalue weighted by atomic mass is 79.9. The van der Waals surface area contributed by atoms with Crippen molar-refractivity contribution < 1.29 is 8.42 Å². The standard InChI is InChI=1S/C15H21BrClNO2S/c1-11-4-3-5-13(8-11)18(2)21(19,20)15-9-12(10-17)6-7-14(15)16/h6-7,9,11,13H,3-5,8,10H2,1-2H3. The molecule has 1 aliphatic rings. The summed E-state index contributed by atoms with van der Waals surface area (Å²) < 4.78 is 27.9. The molecule has 2 rings (SSSR count). The van der Waals surface area contributed by atoms with Crippen LogP contribution < -0.4 is 0 Å². The summed E-state index contributed by atoms with van der Waals surface area (Å²) in [7, 11) is -1.81. The van der Waals surface area contributed by atoms with Crippen LogP contribution >= 0.6 is 27.5 Å². The van der Waals surface area contributed by atoms with Crippen molar-refractivity contribution in [3.63, 3.8) is 0 Å². The average molecular weight is 395 g/mol. The Kier molecular flexibility index (Phi) is 5.74. The molecule has 1 aromatic carbocycles. The van der Waals surface area contributed by atoms with Crippen LogP contribution in [0.2, 0.25) is 0 Å². The van der Waals surface area contributed by atoms with E-state index in [4.69, 9.17) is 11.6 Å². The van der Waals surface area contributed by atoms with E-state index in [1.807, 2.05) is 6.07 Å². The molecule has 0 amide bonds. The molecule has 0 N–H and O–H groups in total. The maximum absolute atomic E-state index is 12.9. The third kappa shape index (κ3) is 3.81. The minimum atomic E-state index is -3.50. The minimum Gasteiger partial charge on any atom is -0.207 e. The van der Waals surface area contributed by atoms with Crippen LogP contribution in [-0.4, -0.2) is 25.8 Å². The number of benzene rings is 1. The summed E-state index contributed by atoms with van der Waals surface area (Å²) >= 11 is 9.18. The van der Waals surface area contributed by atoms with Gasteiger partial charge in [0, 0.05) is 23.4 Å². The van der Waals surface area contributed by atoms with Gasteiger partial charge in [-0.05, 0) is 52.4 Å². The Morgan fingerprint density at radius 1 is 1.38 bits per heavy atom. The third-order valence-electron chi connectivity index (χ3n) is 4.23. The summed E-state index contributed by atoms with van der Waals surface area (Å²) in [6, 6.07) is 5.33. The summed E-state index contributed by atoms with van der Waals surface area (Å²) in [5, 5.41) is 0. The molecular formula is C15H21BrClNO2S. The van der Waals surface area contributed by atoms with E-state index in [1.54, 1.807) is 23.5 Å². The fourth-order valence-electron chi connectivity index (χ4n) is 2.91. The van der Waals surface area contributed by atoms with Gasteiger partial charge in [0.1, 0.15) is 0 Å². The first-order chi connectivity index (χ1) is 9.86. The molecule has 0 saturated heterocycles. The van der Waals surface area contributed by atoms with Crippen molar-refractivity contribution in [2.45, 2.75) is 49.4 Å². The lowest BCUT2D eigenvalue weighted by atomic mass is 9.87. The SMILES string of the molecule is CC1CCCC(N(C)S(=O)(=O)c2cc(CCl)ccc2Br)C1. The second-order valence-electron chi connectivity index (χ2n) is 5.85. The van der Waals surface area contributed by atoms with Crippen molar-refractivity contribution >= 4 is 37.6 Å². The first-order valence-corrected chi connectivity index (χ1v) is 9.95. The molecule has 0 spiro atoms. The Morgan fingerprint density at radius 2 is 2.10 bits per heavy atom. The molecule has 0 radical (unpaired) electrons. The number of hydrogen-bond acceptors (Lipinski definition) is 2. The Hall–Kier alpha value is -0.100. The molecule has 0 heterocycles. The maximum atomic E-state index is 12.9. The van der Waals surface area contributed by atoms with Crippen LogP contribution in [0.25, 0.3) is 0 Å². The van der Waals surface area contributed by atoms with E-state index in [0.717, 1.165) is 24.8 Å². The highest BCUT2D eigenvalue weighted by Gasteiger charge is 2.32. The van der Waals surface area contributed by atoms with Gasteiger partial charge in [-0.1, -0.05) is 25.8 Å². The average Bonchev–Trinajstić information content (AvgIpc) is 2.46. The van der Waals surface area contributed by atoms with Crippen LogP contribution in [0.15, 0.2) is 27.6 Å². The number of alkyl halides is 1. The van der Waals surface area contributed by atoms with Crippen molar-refractivity contribution in [1.29, 1.82) is 0 Å². The smallest absolute Gasteiger partial charge is 0.207 e. The molecule has 1 saturated carbocycles. The molecule has 3 nitrogen and oxygen atoms in total. The van der Waals surface area contributed by atoms with E-state index >= 15 is 0 Å². The van der Waals surface area contributed by atoms with E-state index in [-0.39, 0.29) is 6.04 Å². The van der Waals surface area contributed by atoms with Crippen LogP contribution in [0.5, 0.6) is 0 Å². The van der Waals surface area contributed by atoms with Gasteiger partial charge in [-0.3, -0.25) is 0 Å². The van der Waals surface area contributed by atoms with Gasteiger partial charge in [-0.2, -0.15) is 4.31 Å². The van der Waals surface area contributed by atoms with Crippen LogP contribution in [-0.2, 0) is 15.9 Å². The molecular weight excluding hydrogens is 374 g/mol. The third-order valence-corrected chi connectivity index (χ3v) is 7.44.